The van der Waals surface area contributed by atoms with Gasteiger partial charge in [0.1, 0.15) is 35.9 Å². The Morgan fingerprint density at radius 1 is 0.824 bits per heavy atom. The van der Waals surface area contributed by atoms with Crippen LogP contribution in [0.25, 0.3) is 0 Å². The standard InChI is InChI=1S/C61H86N2O22/c1-27-13-16-43(82-48-24-59(10,63(73)74)54(34(8)79-48)62-58(72)75-12)28(2)18-40-41(66)19-36(25-64)23-61(40)56(70)49(57(71)85-61)55(69)60(11)39(27)15-14-38-50(60)29(3)17-30(4)52(38)84-47-22-45(53(33(7)78-47)80-35(9)65)81-37-20-44(31(5)76-26-37)83-46-21-42(67)51(68)32(6)77-46/h13-15,18-19,25,29-34,37-48,50-54,66-69H,16-17,20-24,26H2,1-12H3,(H,62,72)/b27-13-,28-18-,55-49-. The average molecular weight is 1200 g/mol. The van der Waals surface area contributed by atoms with Crippen LogP contribution in [0.1, 0.15) is 121 Å². The molecule has 85 heavy (non-hydrogen) atoms. The van der Waals surface area contributed by atoms with Gasteiger partial charge in [0.05, 0.1) is 87.1 Å². The third kappa shape index (κ3) is 12.3. The Balaban J connectivity index is 1.05. The fourth-order valence-electron chi connectivity index (χ4n) is 15.5. The van der Waals surface area contributed by atoms with Gasteiger partial charge >= 0.3 is 18.0 Å². The number of hydrogen-bond donors (Lipinski definition) is 5. The number of methoxy groups -OCH3 is 1. The highest BCUT2D eigenvalue weighted by molar-refractivity contribution is 6.26. The number of aldehydes is 1. The first-order chi connectivity index (χ1) is 40.0. The summed E-state index contributed by atoms with van der Waals surface area (Å²) in [6.45, 7) is 19.3. The Hall–Kier alpha value is -4.99. The number of ketones is 1. The molecule has 0 aromatic heterocycles. The van der Waals surface area contributed by atoms with Gasteiger partial charge in [-0.25, -0.2) is 9.59 Å². The summed E-state index contributed by atoms with van der Waals surface area (Å²) in [4.78, 5) is 80.2. The quantitative estimate of drug-likeness (QED) is 0.0323. The lowest BCUT2D eigenvalue weighted by molar-refractivity contribution is -0.584. The number of carbonyl (C=O) groups is 5. The minimum atomic E-state index is -2.20. The zero-order valence-electron chi connectivity index (χ0n) is 50.5. The molecule has 0 aromatic carbocycles. The minimum Gasteiger partial charge on any atom is -0.511 e. The number of nitrogens with zero attached hydrogens (tertiary/aromatic N) is 1. The molecule has 24 nitrogen and oxygen atoms in total. The van der Waals surface area contributed by atoms with E-state index < -0.39 is 185 Å². The van der Waals surface area contributed by atoms with Crippen molar-refractivity contribution in [2.75, 3.05) is 13.7 Å². The highest BCUT2D eigenvalue weighted by atomic mass is 16.7. The number of nitro groups is 1. The normalized spacial score (nSPS) is 47.8. The molecule has 0 radical (unpaired) electrons. The molecule has 472 valence electrons. The number of nitrogens with one attached hydrogen (secondary N) is 1. The average Bonchev–Trinajstić information content (AvgIpc) is 2.03. The van der Waals surface area contributed by atoms with Crippen LogP contribution in [0.4, 0.5) is 4.79 Å². The third-order valence-corrected chi connectivity index (χ3v) is 19.9. The van der Waals surface area contributed by atoms with E-state index in [4.69, 9.17) is 52.1 Å². The molecule has 1 saturated carbocycles. The monoisotopic (exact) mass is 1200 g/mol. The second-order valence-electron chi connectivity index (χ2n) is 25.7. The molecule has 9 aliphatic rings. The first-order valence-corrected chi connectivity index (χ1v) is 29.9. The van der Waals surface area contributed by atoms with Crippen molar-refractivity contribution in [3.8, 4) is 0 Å². The second-order valence-corrected chi connectivity index (χ2v) is 25.7. The zero-order valence-corrected chi connectivity index (χ0v) is 50.5. The number of esters is 2. The molecule has 5 saturated heterocycles. The molecular formula is C61H86N2O22. The second kappa shape index (κ2) is 25.2. The minimum absolute atomic E-state index is 0.00104. The highest BCUT2D eigenvalue weighted by Crippen LogP contribution is 2.61. The van der Waals surface area contributed by atoms with Crippen molar-refractivity contribution in [2.45, 2.75) is 237 Å². The Bertz CT molecular complexity index is 2720. The number of fused-ring (bicyclic) bond motifs is 4. The van der Waals surface area contributed by atoms with Crippen molar-refractivity contribution in [1.82, 2.24) is 5.32 Å². The molecule has 5 N–H and O–H groups in total. The molecule has 4 aliphatic carbocycles. The lowest BCUT2D eigenvalue weighted by Gasteiger charge is -2.56. The lowest BCUT2D eigenvalue weighted by atomic mass is 9.49. The maximum atomic E-state index is 15.5. The first kappa shape index (κ1) is 64.5. The fraction of sp³-hybridized carbons (Fsp3) is 0.754. The summed E-state index contributed by atoms with van der Waals surface area (Å²) >= 11 is 0. The van der Waals surface area contributed by atoms with Crippen molar-refractivity contribution in [1.29, 1.82) is 0 Å². The van der Waals surface area contributed by atoms with Gasteiger partial charge in [0.25, 0.3) is 0 Å². The van der Waals surface area contributed by atoms with E-state index in [-0.39, 0.29) is 55.8 Å². The number of allylic oxidation sites excluding steroid dienone is 3. The van der Waals surface area contributed by atoms with Gasteiger partial charge < -0.3 is 77.8 Å². The molecule has 26 unspecified atom stereocenters. The molecule has 5 aliphatic heterocycles. The number of carbonyl (C=O) groups excluding carboxylic acids is 5. The van der Waals surface area contributed by atoms with Crippen LogP contribution in [0.3, 0.4) is 0 Å². The van der Waals surface area contributed by atoms with Crippen LogP contribution in [-0.2, 0) is 71.3 Å². The van der Waals surface area contributed by atoms with Crippen LogP contribution < -0.4 is 5.32 Å². The number of aliphatic hydroxyl groups excluding tert-OH is 4. The number of aliphatic hydroxyl groups is 4. The number of hydrogen-bond acceptors (Lipinski definition) is 22. The van der Waals surface area contributed by atoms with Crippen molar-refractivity contribution in [2.24, 2.45) is 40.9 Å². The van der Waals surface area contributed by atoms with Crippen LogP contribution in [0.2, 0.25) is 0 Å². The Morgan fingerprint density at radius 3 is 2.19 bits per heavy atom. The third-order valence-electron chi connectivity index (χ3n) is 19.9. The van der Waals surface area contributed by atoms with E-state index in [1.807, 2.05) is 32.9 Å². The van der Waals surface area contributed by atoms with Crippen molar-refractivity contribution in [3.05, 3.63) is 68.5 Å². The molecule has 9 rings (SSSR count). The van der Waals surface area contributed by atoms with E-state index in [9.17, 15) is 49.7 Å². The molecule has 0 aromatic rings. The molecule has 1 amide bonds. The summed E-state index contributed by atoms with van der Waals surface area (Å²) in [5.74, 6) is -6.43. The van der Waals surface area contributed by atoms with E-state index in [2.05, 4.69) is 25.2 Å². The van der Waals surface area contributed by atoms with Crippen LogP contribution >= 0.6 is 0 Å². The number of amides is 1. The van der Waals surface area contributed by atoms with E-state index in [0.717, 1.165) is 7.11 Å². The van der Waals surface area contributed by atoms with Gasteiger partial charge in [0, 0.05) is 61.7 Å². The van der Waals surface area contributed by atoms with Crippen molar-refractivity contribution < 1.29 is 101 Å². The van der Waals surface area contributed by atoms with Gasteiger partial charge in [-0.2, -0.15) is 0 Å². The lowest BCUT2D eigenvalue weighted by Crippen LogP contribution is -2.65. The largest absolute Gasteiger partial charge is 0.511 e. The molecule has 24 heteroatoms. The SMILES string of the molecule is COC(=O)NC1C(C)OC(OC2C/C=C(/C)C3C=CC4C(OC5CC(OC6COC(C)C(OC7CC(O)C(O)C(C)O7)C6)C(OC(C)=O)C(C)O5)C(C)CC(C)C4C3(C)/C(O)=C3/C(=O)OC4(CC(C=O)=CC(O)C4/C=C\2C)C3=O)CC1(C)[N+](=O)[O-]. The van der Waals surface area contributed by atoms with Gasteiger partial charge in [0.15, 0.2) is 30.6 Å². The summed E-state index contributed by atoms with van der Waals surface area (Å²) in [6.07, 6.45) is -4.62. The molecule has 6 fully saturated rings. The van der Waals surface area contributed by atoms with Gasteiger partial charge in [-0.3, -0.25) is 24.5 Å². The molecule has 5 heterocycles. The van der Waals surface area contributed by atoms with Crippen LogP contribution in [0.5, 0.6) is 0 Å². The predicted octanol–water partition coefficient (Wildman–Crippen LogP) is 5.10. The van der Waals surface area contributed by atoms with E-state index in [1.54, 1.807) is 33.8 Å². The fourth-order valence-corrected chi connectivity index (χ4v) is 15.5. The number of Topliss-reactive ketones (excluding diaryl/α,β-unsaturated/α-hetero) is 1. The van der Waals surface area contributed by atoms with Gasteiger partial charge in [-0.05, 0) is 89.4 Å². The maximum absolute atomic E-state index is 15.5. The molecule has 2 bridgehead atoms. The number of ether oxygens (including phenoxy) is 11. The van der Waals surface area contributed by atoms with Crippen LogP contribution in [0.15, 0.2) is 58.4 Å². The topological polar surface area (TPSA) is 323 Å². The summed E-state index contributed by atoms with van der Waals surface area (Å²) in [5.41, 5.74) is -4.89. The summed E-state index contributed by atoms with van der Waals surface area (Å²) in [6, 6.07) is -1.12. The number of alkyl carbamates (subject to hydrolysis) is 1. The Labute approximate surface area is 495 Å². The first-order valence-electron chi connectivity index (χ1n) is 29.9. The van der Waals surface area contributed by atoms with Crippen molar-refractivity contribution in [3.63, 3.8) is 0 Å². The Kier molecular flexibility index (Phi) is 19.2. The van der Waals surface area contributed by atoms with E-state index in [0.29, 0.717) is 30.3 Å². The van der Waals surface area contributed by atoms with Crippen molar-refractivity contribution >= 4 is 30.1 Å². The zero-order chi connectivity index (χ0) is 61.9. The van der Waals surface area contributed by atoms with E-state index >= 15 is 4.79 Å². The number of rotatable bonds is 12. The smallest absolute Gasteiger partial charge is 0.407 e. The molecular weight excluding hydrogens is 1110 g/mol. The Morgan fingerprint density at radius 2 is 1.52 bits per heavy atom. The van der Waals surface area contributed by atoms with Gasteiger partial charge in [0.2, 0.25) is 11.3 Å². The summed E-state index contributed by atoms with van der Waals surface area (Å²) in [5, 5.41) is 61.3. The predicted molar refractivity (Wildman–Crippen MR) is 297 cm³/mol. The van der Waals surface area contributed by atoms with Gasteiger partial charge in [-0.1, -0.05) is 50.6 Å². The van der Waals surface area contributed by atoms with E-state index in [1.165, 1.54) is 19.9 Å². The summed E-state index contributed by atoms with van der Waals surface area (Å²) < 4.78 is 68.6. The summed E-state index contributed by atoms with van der Waals surface area (Å²) in [7, 11) is 1.15. The maximum Gasteiger partial charge on any atom is 0.407 e. The highest BCUT2D eigenvalue weighted by Gasteiger charge is 2.65. The van der Waals surface area contributed by atoms with Gasteiger partial charge in [-0.15, -0.1) is 0 Å². The van der Waals surface area contributed by atoms with Crippen LogP contribution in [-0.4, -0.2) is 185 Å². The van der Waals surface area contributed by atoms with Crippen LogP contribution in [0, 0.1) is 51.0 Å². The molecule has 1 spiro atoms. The molecule has 26 atom stereocenters.